The van der Waals surface area contributed by atoms with E-state index in [0.717, 1.165) is 35.2 Å². The molecular formula is C35H41F2N5O4. The molecule has 1 saturated carbocycles. The van der Waals surface area contributed by atoms with Crippen molar-refractivity contribution >= 4 is 12.1 Å². The zero-order chi connectivity index (χ0) is 32.6. The largest absolute Gasteiger partial charge is 0.424 e. The average Bonchev–Trinajstić information content (AvgIpc) is 3.50. The van der Waals surface area contributed by atoms with Gasteiger partial charge >= 0.3 is 12.1 Å². The number of urea groups is 1. The van der Waals surface area contributed by atoms with Crippen LogP contribution in [0.5, 0.6) is 5.75 Å². The van der Waals surface area contributed by atoms with Crippen molar-refractivity contribution in [3.63, 3.8) is 0 Å². The number of benzene rings is 2. The number of likely N-dealkylation sites (tertiary alicyclic amines) is 1. The van der Waals surface area contributed by atoms with Gasteiger partial charge in [0.25, 0.3) is 0 Å². The van der Waals surface area contributed by atoms with Gasteiger partial charge in [-0.1, -0.05) is 29.8 Å². The van der Waals surface area contributed by atoms with E-state index in [0.29, 0.717) is 17.7 Å². The van der Waals surface area contributed by atoms with Crippen LogP contribution in [0.25, 0.3) is 0 Å². The number of aryl methyl sites for hydroxylation is 1. The number of nitrogens with one attached hydrogen (secondary N) is 1. The van der Waals surface area contributed by atoms with Crippen molar-refractivity contribution in [2.45, 2.75) is 63.1 Å². The Morgan fingerprint density at radius 1 is 1.02 bits per heavy atom. The first kappa shape index (κ1) is 33.2. The van der Waals surface area contributed by atoms with E-state index in [2.05, 4.69) is 27.3 Å². The molecule has 2 aromatic carbocycles. The number of rotatable bonds is 6. The molecule has 2 fully saturated rings. The van der Waals surface area contributed by atoms with Gasteiger partial charge in [0.2, 0.25) is 0 Å². The first-order valence-electron chi connectivity index (χ1n) is 15.7. The summed E-state index contributed by atoms with van der Waals surface area (Å²) >= 11 is 0. The van der Waals surface area contributed by atoms with Gasteiger partial charge in [0.1, 0.15) is 5.75 Å². The molecule has 1 aromatic heterocycles. The van der Waals surface area contributed by atoms with Crippen LogP contribution in [-0.4, -0.2) is 65.8 Å². The summed E-state index contributed by atoms with van der Waals surface area (Å²) in [6, 6.07) is 15.6. The first-order valence-corrected chi connectivity index (χ1v) is 15.7. The Labute approximate surface area is 268 Å². The maximum atomic E-state index is 13.7. The van der Waals surface area contributed by atoms with Crippen molar-refractivity contribution < 1.29 is 27.8 Å². The molecule has 244 valence electrons. The molecule has 2 atom stereocenters. The topological polar surface area (TPSA) is 110 Å². The fourth-order valence-electron chi connectivity index (χ4n) is 6.27. The minimum Gasteiger partial charge on any atom is -0.410 e. The fourth-order valence-corrected chi connectivity index (χ4v) is 6.27. The highest BCUT2D eigenvalue weighted by molar-refractivity contribution is 5.94. The Morgan fingerprint density at radius 2 is 1.78 bits per heavy atom. The molecule has 46 heavy (non-hydrogen) atoms. The van der Waals surface area contributed by atoms with Crippen LogP contribution in [-0.2, 0) is 4.74 Å². The van der Waals surface area contributed by atoms with Crippen molar-refractivity contribution in [1.82, 2.24) is 20.1 Å². The normalized spacial score (nSPS) is 23.2. The molecule has 0 bridgehead atoms. The second-order valence-electron chi connectivity index (χ2n) is 12.0. The molecule has 1 saturated heterocycles. The molecule has 3 aromatic rings. The third-order valence-electron chi connectivity index (χ3n) is 8.71. The zero-order valence-corrected chi connectivity index (χ0v) is 26.2. The van der Waals surface area contributed by atoms with Crippen LogP contribution in [0.15, 0.2) is 78.6 Å². The average molecular weight is 634 g/mol. The van der Waals surface area contributed by atoms with E-state index in [1.54, 1.807) is 24.3 Å². The van der Waals surface area contributed by atoms with Crippen LogP contribution in [0.4, 0.5) is 18.4 Å². The number of hydrogen-bond acceptors (Lipinski definition) is 7. The highest BCUT2D eigenvalue weighted by Crippen LogP contribution is 2.35. The second-order valence-corrected chi connectivity index (χ2v) is 12.0. The second kappa shape index (κ2) is 15.4. The first-order chi connectivity index (χ1) is 22.2. The minimum absolute atomic E-state index is 0.0762. The van der Waals surface area contributed by atoms with Crippen molar-refractivity contribution in [2.24, 2.45) is 5.73 Å². The maximum Gasteiger partial charge on any atom is 0.424 e. The number of imide groups is 1. The SMILES string of the molecule is COCC1=CC(c2ccc(F)c(F)c2)N(C(=O)Oc2ccc(C)cc2)C(=O)N1.NC1CCN(C2CCC(c3ccccn3)CC2)C1. The van der Waals surface area contributed by atoms with Gasteiger partial charge in [-0.3, -0.25) is 9.88 Å². The molecule has 0 radical (unpaired) electrons. The highest BCUT2D eigenvalue weighted by atomic mass is 19.2. The molecule has 11 heteroatoms. The van der Waals surface area contributed by atoms with Crippen LogP contribution in [0, 0.1) is 18.6 Å². The van der Waals surface area contributed by atoms with Gasteiger partial charge in [0.15, 0.2) is 11.6 Å². The standard InChI is InChI=1S/C20H18F2N2O4.C15H23N3/c1-12-3-6-15(7-4-12)28-20(26)24-18(10-14(11-27-2)23-19(24)25)13-5-8-16(21)17(22)9-13;16-13-8-10-18(11-13)14-6-4-12(5-7-14)15-3-1-2-9-17-15/h3-10,18H,11H2,1-2H3,(H,23,25);1-3,9,12-14H,4-8,10-11,16H2. The molecule has 3 amide bonds. The van der Waals surface area contributed by atoms with Crippen LogP contribution in [0.2, 0.25) is 0 Å². The molecule has 3 N–H and O–H groups in total. The third-order valence-corrected chi connectivity index (χ3v) is 8.71. The van der Waals surface area contributed by atoms with Gasteiger partial charge in [-0.05, 0) is 87.1 Å². The number of carbonyl (C=O) groups is 2. The van der Waals surface area contributed by atoms with Crippen molar-refractivity contribution in [3.05, 3.63) is 107 Å². The number of aromatic nitrogens is 1. The number of nitrogens with zero attached hydrogens (tertiary/aromatic N) is 3. The summed E-state index contributed by atoms with van der Waals surface area (Å²) in [5.74, 6) is -1.19. The quantitative estimate of drug-likeness (QED) is 0.332. The molecule has 2 unspecified atom stereocenters. The lowest BCUT2D eigenvalue weighted by atomic mass is 9.83. The van der Waals surface area contributed by atoms with Gasteiger partial charge < -0.3 is 20.5 Å². The summed E-state index contributed by atoms with van der Waals surface area (Å²) in [6.45, 7) is 4.27. The fraction of sp³-hybridized carbons (Fsp3) is 0.400. The number of ether oxygens (including phenoxy) is 2. The van der Waals surface area contributed by atoms with Crippen LogP contribution in [0.1, 0.15) is 60.9 Å². The van der Waals surface area contributed by atoms with E-state index in [4.69, 9.17) is 15.2 Å². The van der Waals surface area contributed by atoms with Gasteiger partial charge in [-0.2, -0.15) is 0 Å². The van der Waals surface area contributed by atoms with Gasteiger partial charge in [-0.25, -0.2) is 23.3 Å². The van der Waals surface area contributed by atoms with Crippen LogP contribution in [0.3, 0.4) is 0 Å². The molecule has 1 aliphatic carbocycles. The summed E-state index contributed by atoms with van der Waals surface area (Å²) in [4.78, 5) is 33.1. The number of nitrogens with two attached hydrogens (primary N) is 1. The summed E-state index contributed by atoms with van der Waals surface area (Å²) in [5.41, 5.74) is 8.86. The van der Waals surface area contributed by atoms with E-state index in [1.807, 2.05) is 19.2 Å². The Morgan fingerprint density at radius 3 is 2.41 bits per heavy atom. The Hall–Kier alpha value is -4.19. The molecular weight excluding hydrogens is 592 g/mol. The molecule has 9 nitrogen and oxygen atoms in total. The molecule has 3 aliphatic rings. The maximum absolute atomic E-state index is 13.7. The van der Waals surface area contributed by atoms with Gasteiger partial charge in [0.05, 0.1) is 12.6 Å². The van der Waals surface area contributed by atoms with E-state index < -0.39 is 29.8 Å². The van der Waals surface area contributed by atoms with Crippen molar-refractivity contribution in [1.29, 1.82) is 0 Å². The van der Waals surface area contributed by atoms with Crippen molar-refractivity contribution in [2.75, 3.05) is 26.8 Å². The number of halogens is 2. The Kier molecular flexibility index (Phi) is 11.1. The molecule has 0 spiro atoms. The van der Waals surface area contributed by atoms with Crippen LogP contribution < -0.4 is 15.8 Å². The molecule has 2 aliphatic heterocycles. The number of carbonyl (C=O) groups excluding carboxylic acids is 2. The lowest BCUT2D eigenvalue weighted by Gasteiger charge is -2.34. The summed E-state index contributed by atoms with van der Waals surface area (Å²) in [7, 11) is 1.44. The molecule has 6 rings (SSSR count). The monoisotopic (exact) mass is 633 g/mol. The van der Waals surface area contributed by atoms with Gasteiger partial charge in [0, 0.05) is 55.8 Å². The lowest BCUT2D eigenvalue weighted by molar-refractivity contribution is 0.139. The Balaban J connectivity index is 0.000000198. The predicted octanol–water partition coefficient (Wildman–Crippen LogP) is 6.21. The number of hydrogen-bond donors (Lipinski definition) is 2. The number of methoxy groups -OCH3 is 1. The summed E-state index contributed by atoms with van der Waals surface area (Å²) in [5, 5.41) is 2.52. The van der Waals surface area contributed by atoms with Gasteiger partial charge in [-0.15, -0.1) is 0 Å². The van der Waals surface area contributed by atoms with Crippen LogP contribution >= 0.6 is 0 Å². The van der Waals surface area contributed by atoms with Crippen molar-refractivity contribution in [3.8, 4) is 5.75 Å². The smallest absolute Gasteiger partial charge is 0.410 e. The van der Waals surface area contributed by atoms with E-state index in [9.17, 15) is 18.4 Å². The summed E-state index contributed by atoms with van der Waals surface area (Å²) in [6.07, 6.45) is 8.86. The third kappa shape index (κ3) is 8.34. The van der Waals surface area contributed by atoms with E-state index in [-0.39, 0.29) is 17.9 Å². The highest BCUT2D eigenvalue weighted by Gasteiger charge is 2.36. The summed E-state index contributed by atoms with van der Waals surface area (Å²) < 4.78 is 37.3. The number of pyridine rings is 1. The lowest BCUT2D eigenvalue weighted by Crippen LogP contribution is -2.50. The minimum atomic E-state index is -1.09. The molecule has 3 heterocycles. The Bertz CT molecular complexity index is 1510. The van der Waals surface area contributed by atoms with E-state index in [1.165, 1.54) is 63.6 Å². The predicted molar refractivity (Wildman–Crippen MR) is 170 cm³/mol. The van der Waals surface area contributed by atoms with E-state index >= 15 is 0 Å². The number of amides is 3. The zero-order valence-electron chi connectivity index (χ0n) is 26.2.